The van der Waals surface area contributed by atoms with Crippen molar-refractivity contribution in [2.75, 3.05) is 26.6 Å². The fourth-order valence-electron chi connectivity index (χ4n) is 3.33. The molecule has 0 bridgehead atoms. The number of nitrogens with one attached hydrogen (secondary N) is 1. The van der Waals surface area contributed by atoms with Crippen LogP contribution in [0.15, 0.2) is 12.1 Å². The van der Waals surface area contributed by atoms with Gasteiger partial charge < -0.3 is 19.5 Å². The molecule has 0 aliphatic rings. The zero-order valence-corrected chi connectivity index (χ0v) is 19.3. The van der Waals surface area contributed by atoms with Crippen molar-refractivity contribution in [1.29, 1.82) is 0 Å². The van der Waals surface area contributed by atoms with Crippen LogP contribution in [0.3, 0.4) is 0 Å². The number of rotatable bonds is 16. The van der Waals surface area contributed by atoms with Gasteiger partial charge in [-0.1, -0.05) is 58.3 Å². The van der Waals surface area contributed by atoms with Gasteiger partial charge in [0.2, 0.25) is 5.91 Å². The Hall–Kier alpha value is -2.24. The molecule has 170 valence electrons. The van der Waals surface area contributed by atoms with E-state index in [0.29, 0.717) is 29.4 Å². The van der Waals surface area contributed by atoms with Crippen molar-refractivity contribution in [1.82, 2.24) is 0 Å². The third kappa shape index (κ3) is 8.64. The van der Waals surface area contributed by atoms with Gasteiger partial charge in [-0.25, -0.2) is 0 Å². The van der Waals surface area contributed by atoms with Gasteiger partial charge in [-0.3, -0.25) is 9.59 Å². The van der Waals surface area contributed by atoms with Gasteiger partial charge in [0, 0.05) is 18.6 Å². The number of Topliss-reactive ketones (excluding diaryl/α,β-unsaturated/α-hetero) is 1. The summed E-state index contributed by atoms with van der Waals surface area (Å²) in [4.78, 5) is 25.1. The molecule has 0 saturated carbocycles. The highest BCUT2D eigenvalue weighted by Crippen LogP contribution is 2.39. The molecule has 1 unspecified atom stereocenters. The molecular formula is C24H39NO5. The molecule has 6 nitrogen and oxygen atoms in total. The number of hydrogen-bond donors (Lipinski definition) is 1. The molecule has 1 rings (SSSR count). The van der Waals surface area contributed by atoms with E-state index in [0.717, 1.165) is 19.3 Å². The van der Waals surface area contributed by atoms with Gasteiger partial charge in [-0.05, 0) is 13.3 Å². The lowest BCUT2D eigenvalue weighted by Crippen LogP contribution is -2.27. The van der Waals surface area contributed by atoms with Crippen LogP contribution in [0, 0.1) is 5.92 Å². The number of unbranched alkanes of at least 4 members (excludes halogenated alkanes) is 8. The summed E-state index contributed by atoms with van der Waals surface area (Å²) in [5.74, 6) is 0.252. The van der Waals surface area contributed by atoms with E-state index in [9.17, 15) is 9.59 Å². The molecule has 6 heteroatoms. The maximum atomic E-state index is 12.6. The van der Waals surface area contributed by atoms with Crippen molar-refractivity contribution in [2.45, 2.75) is 78.1 Å². The second kappa shape index (κ2) is 14.7. The average molecular weight is 422 g/mol. The van der Waals surface area contributed by atoms with Crippen LogP contribution in [0.5, 0.6) is 17.2 Å². The highest BCUT2D eigenvalue weighted by atomic mass is 16.5. The van der Waals surface area contributed by atoms with Crippen molar-refractivity contribution in [3.8, 4) is 17.2 Å². The summed E-state index contributed by atoms with van der Waals surface area (Å²) in [5.41, 5.74) is 0.397. The van der Waals surface area contributed by atoms with E-state index in [2.05, 4.69) is 12.2 Å². The number of amides is 1. The Bertz CT molecular complexity index is 634. The molecule has 1 aromatic rings. The largest absolute Gasteiger partial charge is 0.496 e. The predicted octanol–water partition coefficient (Wildman–Crippen LogP) is 5.78. The summed E-state index contributed by atoms with van der Waals surface area (Å²) in [7, 11) is 4.55. The van der Waals surface area contributed by atoms with Crippen molar-refractivity contribution < 1.29 is 23.8 Å². The van der Waals surface area contributed by atoms with Gasteiger partial charge in [0.1, 0.15) is 28.7 Å². The van der Waals surface area contributed by atoms with Crippen LogP contribution in [0.25, 0.3) is 0 Å². The third-order valence-corrected chi connectivity index (χ3v) is 5.37. The highest BCUT2D eigenvalue weighted by Gasteiger charge is 2.24. The second-order valence-corrected chi connectivity index (χ2v) is 7.66. The van der Waals surface area contributed by atoms with Crippen LogP contribution in [0.4, 0.5) is 5.69 Å². The van der Waals surface area contributed by atoms with Crippen molar-refractivity contribution in [3.63, 3.8) is 0 Å². The maximum absolute atomic E-state index is 12.6. The topological polar surface area (TPSA) is 73.9 Å². The maximum Gasteiger partial charge on any atom is 0.234 e. The number of methoxy groups -OCH3 is 3. The average Bonchev–Trinajstić information content (AvgIpc) is 2.77. The first kappa shape index (κ1) is 25.8. The van der Waals surface area contributed by atoms with Gasteiger partial charge >= 0.3 is 0 Å². The highest BCUT2D eigenvalue weighted by molar-refractivity contribution is 6.08. The number of ketones is 1. The van der Waals surface area contributed by atoms with E-state index < -0.39 is 5.92 Å². The minimum Gasteiger partial charge on any atom is -0.496 e. The Kier molecular flexibility index (Phi) is 12.6. The van der Waals surface area contributed by atoms with E-state index >= 15 is 0 Å². The van der Waals surface area contributed by atoms with Crippen LogP contribution in [-0.4, -0.2) is 33.0 Å². The quantitative estimate of drug-likeness (QED) is 0.271. The van der Waals surface area contributed by atoms with E-state index in [4.69, 9.17) is 14.2 Å². The third-order valence-electron chi connectivity index (χ3n) is 5.37. The van der Waals surface area contributed by atoms with Crippen LogP contribution in [0.2, 0.25) is 0 Å². The van der Waals surface area contributed by atoms with Crippen LogP contribution in [0.1, 0.15) is 78.1 Å². The van der Waals surface area contributed by atoms with Crippen LogP contribution in [-0.2, 0) is 9.59 Å². The van der Waals surface area contributed by atoms with Crippen LogP contribution >= 0.6 is 0 Å². The summed E-state index contributed by atoms with van der Waals surface area (Å²) >= 11 is 0. The lowest BCUT2D eigenvalue weighted by Gasteiger charge is -2.17. The van der Waals surface area contributed by atoms with E-state index in [1.807, 2.05) is 0 Å². The molecule has 1 N–H and O–H groups in total. The minimum atomic E-state index is -0.726. The monoisotopic (exact) mass is 421 g/mol. The van der Waals surface area contributed by atoms with Gasteiger partial charge in [-0.15, -0.1) is 0 Å². The molecule has 1 atom stereocenters. The van der Waals surface area contributed by atoms with E-state index in [-0.39, 0.29) is 11.7 Å². The second-order valence-electron chi connectivity index (χ2n) is 7.66. The van der Waals surface area contributed by atoms with Gasteiger partial charge in [0.05, 0.1) is 27.2 Å². The molecule has 0 heterocycles. The first-order chi connectivity index (χ1) is 14.5. The Morgan fingerprint density at radius 1 is 0.833 bits per heavy atom. The van der Waals surface area contributed by atoms with Crippen LogP contribution < -0.4 is 19.5 Å². The Labute approximate surface area is 181 Å². The number of carbonyl (C=O) groups is 2. The van der Waals surface area contributed by atoms with Gasteiger partial charge in [0.15, 0.2) is 0 Å². The van der Waals surface area contributed by atoms with Crippen molar-refractivity contribution in [2.24, 2.45) is 5.92 Å². The lowest BCUT2D eigenvalue weighted by molar-refractivity contribution is -0.130. The molecule has 0 radical (unpaired) electrons. The molecule has 0 aliphatic heterocycles. The molecule has 0 fully saturated rings. The number of ether oxygens (including phenoxy) is 3. The van der Waals surface area contributed by atoms with Crippen molar-refractivity contribution >= 4 is 17.4 Å². The normalized spacial score (nSPS) is 11.6. The summed E-state index contributed by atoms with van der Waals surface area (Å²) in [6, 6.07) is 3.32. The molecule has 1 aromatic carbocycles. The predicted molar refractivity (Wildman–Crippen MR) is 121 cm³/mol. The van der Waals surface area contributed by atoms with E-state index in [1.54, 1.807) is 26.2 Å². The SMILES string of the molecule is CCCCCCCCCCCC(=O)C(C)C(=O)Nc1c(OC)cc(OC)cc1OC. The summed E-state index contributed by atoms with van der Waals surface area (Å²) < 4.78 is 15.9. The molecule has 0 saturated heterocycles. The molecule has 30 heavy (non-hydrogen) atoms. The zero-order valence-electron chi connectivity index (χ0n) is 19.3. The number of benzene rings is 1. The number of anilines is 1. The summed E-state index contributed by atoms with van der Waals surface area (Å²) in [6.45, 7) is 3.87. The fraction of sp³-hybridized carbons (Fsp3) is 0.667. The Balaban J connectivity index is 2.48. The zero-order chi connectivity index (χ0) is 22.4. The number of carbonyl (C=O) groups excluding carboxylic acids is 2. The summed E-state index contributed by atoms with van der Waals surface area (Å²) in [6.07, 6.45) is 11.2. The Morgan fingerprint density at radius 3 is 1.80 bits per heavy atom. The van der Waals surface area contributed by atoms with Gasteiger partial charge in [0.25, 0.3) is 0 Å². The first-order valence-electron chi connectivity index (χ1n) is 11.1. The van der Waals surface area contributed by atoms with E-state index in [1.165, 1.54) is 52.7 Å². The first-order valence-corrected chi connectivity index (χ1v) is 11.1. The van der Waals surface area contributed by atoms with Gasteiger partial charge in [-0.2, -0.15) is 0 Å². The number of hydrogen-bond acceptors (Lipinski definition) is 5. The Morgan fingerprint density at radius 2 is 1.33 bits per heavy atom. The van der Waals surface area contributed by atoms with Crippen molar-refractivity contribution in [3.05, 3.63) is 12.1 Å². The molecular weight excluding hydrogens is 382 g/mol. The molecule has 0 aromatic heterocycles. The molecule has 1 amide bonds. The smallest absolute Gasteiger partial charge is 0.234 e. The molecule has 0 spiro atoms. The molecule has 0 aliphatic carbocycles. The fourth-order valence-corrected chi connectivity index (χ4v) is 3.33. The summed E-state index contributed by atoms with van der Waals surface area (Å²) in [5, 5.41) is 2.78. The minimum absolute atomic E-state index is 0.0399. The lowest BCUT2D eigenvalue weighted by atomic mass is 9.99. The standard InChI is InChI=1S/C24H39NO5/c1-6-7-8-9-10-11-12-13-14-15-20(26)18(2)24(27)25-23-21(29-4)16-19(28-3)17-22(23)30-5/h16-18H,6-15H2,1-5H3,(H,25,27).